The van der Waals surface area contributed by atoms with Crippen LogP contribution < -0.4 is 10.5 Å². The highest BCUT2D eigenvalue weighted by molar-refractivity contribution is 7.89. The van der Waals surface area contributed by atoms with Gasteiger partial charge in [0.15, 0.2) is 6.61 Å². The number of carbonyl (C=O) groups is 2. The lowest BCUT2D eigenvalue weighted by molar-refractivity contribution is -0.133. The molecule has 3 rings (SSSR count). The Balaban J connectivity index is 1.77. The molecule has 148 valence electrons. The smallest absolute Gasteiger partial charge is 0.260 e. The maximum absolute atomic E-state index is 12.7. The highest BCUT2D eigenvalue weighted by Crippen LogP contribution is 2.28. The molecule has 1 heterocycles. The molecular weight excluding hydrogens is 370 g/mol. The minimum absolute atomic E-state index is 0.00467. The number of likely N-dealkylation sites (N-methyl/N-ethyl adjacent to an activating group) is 1. The first-order chi connectivity index (χ1) is 12.8. The molecule has 0 bridgehead atoms. The van der Waals surface area contributed by atoms with Gasteiger partial charge in [0.25, 0.3) is 11.8 Å². The predicted molar refractivity (Wildman–Crippen MR) is 98.9 cm³/mol. The van der Waals surface area contributed by atoms with Crippen molar-refractivity contribution in [2.45, 2.75) is 43.5 Å². The molecule has 0 radical (unpaired) electrons. The number of nitrogens with two attached hydrogens (primary N) is 1. The number of rotatable bonds is 8. The summed E-state index contributed by atoms with van der Waals surface area (Å²) in [5.41, 5.74) is 5.36. The lowest BCUT2D eigenvalue weighted by Gasteiger charge is -2.21. The number of ether oxygens (including phenoxy) is 1. The Morgan fingerprint density at radius 3 is 2.48 bits per heavy atom. The van der Waals surface area contributed by atoms with E-state index in [9.17, 15) is 18.0 Å². The molecule has 0 atom stereocenters. The van der Waals surface area contributed by atoms with Crippen molar-refractivity contribution < 1.29 is 22.7 Å². The van der Waals surface area contributed by atoms with E-state index in [0.717, 1.165) is 25.7 Å². The monoisotopic (exact) mass is 395 g/mol. The lowest BCUT2D eigenvalue weighted by atomic mass is 10.2. The third-order valence-corrected chi connectivity index (χ3v) is 6.81. The molecule has 9 heteroatoms. The molecule has 1 saturated heterocycles. The minimum atomic E-state index is -3.67. The maximum Gasteiger partial charge on any atom is 0.260 e. The molecule has 1 aromatic carbocycles. The normalized spacial score (nSPS) is 17.7. The summed E-state index contributed by atoms with van der Waals surface area (Å²) in [6, 6.07) is 4.28. The maximum atomic E-state index is 12.7. The van der Waals surface area contributed by atoms with Gasteiger partial charge in [-0.2, -0.15) is 4.31 Å². The fraction of sp³-hybridized carbons (Fsp3) is 0.556. The third kappa shape index (κ3) is 4.24. The second-order valence-corrected chi connectivity index (χ2v) is 8.77. The number of hydrogen-bond donors (Lipinski definition) is 1. The van der Waals surface area contributed by atoms with Crippen LogP contribution in [-0.4, -0.2) is 61.7 Å². The summed E-state index contributed by atoms with van der Waals surface area (Å²) in [5.74, 6) is -0.849. The van der Waals surface area contributed by atoms with E-state index in [0.29, 0.717) is 19.6 Å². The van der Waals surface area contributed by atoms with E-state index in [1.54, 1.807) is 4.90 Å². The van der Waals surface area contributed by atoms with Crippen LogP contribution in [0, 0.1) is 0 Å². The van der Waals surface area contributed by atoms with Gasteiger partial charge in [-0.1, -0.05) is 0 Å². The average Bonchev–Trinajstić information content (AvgIpc) is 3.31. The zero-order chi connectivity index (χ0) is 19.6. The number of amides is 2. The Bertz CT molecular complexity index is 829. The zero-order valence-electron chi connectivity index (χ0n) is 15.4. The van der Waals surface area contributed by atoms with Crippen LogP contribution in [0.3, 0.4) is 0 Å². The standard InChI is InChI=1S/C18H25N3O5S/c1-2-21(13-5-6-13)17(22)12-26-16-8-7-14(11-15(16)18(19)23)27(24,25)20-9-3-4-10-20/h7-8,11,13H,2-6,9-10,12H2,1H3,(H2,19,23). The van der Waals surface area contributed by atoms with Crippen LogP contribution >= 0.6 is 0 Å². The van der Waals surface area contributed by atoms with Gasteiger partial charge in [-0.15, -0.1) is 0 Å². The molecule has 0 unspecified atom stereocenters. The van der Waals surface area contributed by atoms with Gasteiger partial charge in [-0.3, -0.25) is 9.59 Å². The summed E-state index contributed by atoms with van der Waals surface area (Å²) in [6.45, 7) is 3.22. The van der Waals surface area contributed by atoms with Gasteiger partial charge in [0.1, 0.15) is 5.75 Å². The second kappa shape index (κ2) is 7.85. The largest absolute Gasteiger partial charge is 0.483 e. The third-order valence-electron chi connectivity index (χ3n) is 4.92. The summed E-state index contributed by atoms with van der Waals surface area (Å²) >= 11 is 0. The molecule has 0 spiro atoms. The Labute approximate surface area is 159 Å². The van der Waals surface area contributed by atoms with Crippen molar-refractivity contribution in [1.29, 1.82) is 0 Å². The first-order valence-corrected chi connectivity index (χ1v) is 10.6. The van der Waals surface area contributed by atoms with Crippen molar-refractivity contribution >= 4 is 21.8 Å². The zero-order valence-corrected chi connectivity index (χ0v) is 16.2. The molecule has 8 nitrogen and oxygen atoms in total. The van der Waals surface area contributed by atoms with E-state index in [4.69, 9.17) is 10.5 Å². The Kier molecular flexibility index (Phi) is 5.71. The molecule has 2 N–H and O–H groups in total. The van der Waals surface area contributed by atoms with Crippen LogP contribution in [0.4, 0.5) is 0 Å². The topological polar surface area (TPSA) is 110 Å². The van der Waals surface area contributed by atoms with Gasteiger partial charge in [-0.25, -0.2) is 8.42 Å². The number of hydrogen-bond acceptors (Lipinski definition) is 5. The van der Waals surface area contributed by atoms with Crippen molar-refractivity contribution in [2.75, 3.05) is 26.2 Å². The van der Waals surface area contributed by atoms with E-state index in [1.165, 1.54) is 22.5 Å². The molecule has 27 heavy (non-hydrogen) atoms. The number of primary amides is 1. The number of benzene rings is 1. The van der Waals surface area contributed by atoms with Crippen LogP contribution in [-0.2, 0) is 14.8 Å². The quantitative estimate of drug-likeness (QED) is 0.705. The van der Waals surface area contributed by atoms with Crippen molar-refractivity contribution in [3.05, 3.63) is 23.8 Å². The molecule has 2 amide bonds. The predicted octanol–water partition coefficient (Wildman–Crippen LogP) is 0.960. The van der Waals surface area contributed by atoms with Crippen molar-refractivity contribution in [1.82, 2.24) is 9.21 Å². The van der Waals surface area contributed by atoms with Crippen LogP contribution in [0.25, 0.3) is 0 Å². The van der Waals surface area contributed by atoms with Gasteiger partial charge < -0.3 is 15.4 Å². The molecule has 1 aliphatic carbocycles. The second-order valence-electron chi connectivity index (χ2n) is 6.83. The van der Waals surface area contributed by atoms with Gasteiger partial charge in [0, 0.05) is 25.7 Å². The highest BCUT2D eigenvalue weighted by atomic mass is 32.2. The Morgan fingerprint density at radius 1 is 1.26 bits per heavy atom. The summed E-state index contributed by atoms with van der Waals surface area (Å²) in [7, 11) is -3.67. The molecule has 2 aliphatic rings. The van der Waals surface area contributed by atoms with Gasteiger partial charge in [0.05, 0.1) is 10.5 Å². The van der Waals surface area contributed by atoms with E-state index in [2.05, 4.69) is 0 Å². The Hall–Kier alpha value is -2.13. The fourth-order valence-electron chi connectivity index (χ4n) is 3.31. The van der Waals surface area contributed by atoms with E-state index in [1.807, 2.05) is 6.92 Å². The highest BCUT2D eigenvalue weighted by Gasteiger charge is 2.32. The van der Waals surface area contributed by atoms with Gasteiger partial charge >= 0.3 is 0 Å². The van der Waals surface area contributed by atoms with Gasteiger partial charge in [0.2, 0.25) is 10.0 Å². The molecular formula is C18H25N3O5S. The first-order valence-electron chi connectivity index (χ1n) is 9.21. The van der Waals surface area contributed by atoms with Crippen molar-refractivity contribution in [3.8, 4) is 5.75 Å². The SMILES string of the molecule is CCN(C(=O)COc1ccc(S(=O)(=O)N2CCCC2)cc1C(N)=O)C1CC1. The van der Waals surface area contributed by atoms with Crippen molar-refractivity contribution in [2.24, 2.45) is 5.73 Å². The van der Waals surface area contributed by atoms with E-state index < -0.39 is 15.9 Å². The molecule has 2 fully saturated rings. The van der Waals surface area contributed by atoms with Crippen molar-refractivity contribution in [3.63, 3.8) is 0 Å². The average molecular weight is 395 g/mol. The Morgan fingerprint density at radius 2 is 1.93 bits per heavy atom. The molecule has 1 aromatic rings. The van der Waals surface area contributed by atoms with Crippen LogP contribution in [0.1, 0.15) is 43.0 Å². The van der Waals surface area contributed by atoms with E-state index in [-0.39, 0.29) is 34.8 Å². The summed E-state index contributed by atoms with van der Waals surface area (Å²) < 4.78 is 32.2. The minimum Gasteiger partial charge on any atom is -0.483 e. The summed E-state index contributed by atoms with van der Waals surface area (Å²) in [4.78, 5) is 25.9. The first kappa shape index (κ1) is 19.6. The van der Waals surface area contributed by atoms with E-state index >= 15 is 0 Å². The number of nitrogens with zero attached hydrogens (tertiary/aromatic N) is 2. The van der Waals surface area contributed by atoms with Crippen LogP contribution in [0.5, 0.6) is 5.75 Å². The summed E-state index contributed by atoms with van der Waals surface area (Å²) in [5, 5.41) is 0. The number of sulfonamides is 1. The number of carbonyl (C=O) groups excluding carboxylic acids is 2. The molecule has 0 aromatic heterocycles. The summed E-state index contributed by atoms with van der Waals surface area (Å²) in [6.07, 6.45) is 3.63. The lowest BCUT2D eigenvalue weighted by Crippen LogP contribution is -2.36. The molecule has 1 saturated carbocycles. The van der Waals surface area contributed by atoms with Crippen LogP contribution in [0.15, 0.2) is 23.1 Å². The van der Waals surface area contributed by atoms with Crippen LogP contribution in [0.2, 0.25) is 0 Å². The fourth-order valence-corrected chi connectivity index (χ4v) is 4.86. The van der Waals surface area contributed by atoms with Gasteiger partial charge in [-0.05, 0) is 50.8 Å². The molecule has 1 aliphatic heterocycles.